The molecule has 28 heteroatoms. The van der Waals surface area contributed by atoms with Gasteiger partial charge in [-0.05, 0) is 50.7 Å². The number of imidazole rings is 1. The largest absolute Gasteiger partial charge is 0.481 e. The predicted molar refractivity (Wildman–Crippen MR) is 255 cm³/mol. The quantitative estimate of drug-likeness (QED) is 0.0262. The van der Waals surface area contributed by atoms with Crippen molar-refractivity contribution >= 4 is 53.2 Å². The second-order valence-corrected chi connectivity index (χ2v) is 15.7. The van der Waals surface area contributed by atoms with Gasteiger partial charge in [0.25, 0.3) is 5.69 Å². The Morgan fingerprint density at radius 1 is 0.658 bits per heavy atom. The van der Waals surface area contributed by atoms with Crippen LogP contribution in [0.25, 0.3) is 0 Å². The van der Waals surface area contributed by atoms with Gasteiger partial charge in [-0.2, -0.15) is 0 Å². The van der Waals surface area contributed by atoms with Gasteiger partial charge in [-0.1, -0.05) is 0 Å². The Balaban J connectivity index is 1.30. The summed E-state index contributed by atoms with van der Waals surface area (Å²) in [5.74, 6) is -4.48. The van der Waals surface area contributed by atoms with Crippen molar-refractivity contribution < 1.29 is 91.7 Å². The summed E-state index contributed by atoms with van der Waals surface area (Å²) in [6.45, 7) is 7.24. The van der Waals surface area contributed by atoms with Crippen molar-refractivity contribution in [1.29, 1.82) is 0 Å². The minimum Gasteiger partial charge on any atom is -0.481 e. The number of ether oxygens (including phenoxy) is 8. The van der Waals surface area contributed by atoms with Gasteiger partial charge in [0.05, 0.1) is 103 Å². The predicted octanol–water partition coefficient (Wildman–Crippen LogP) is 1.11. The van der Waals surface area contributed by atoms with E-state index in [0.29, 0.717) is 135 Å². The average molecular weight is 1040 g/mol. The van der Waals surface area contributed by atoms with Crippen LogP contribution in [0.1, 0.15) is 56.2 Å². The minimum absolute atomic E-state index is 0.0194. The zero-order valence-electron chi connectivity index (χ0n) is 41.0. The summed E-state index contributed by atoms with van der Waals surface area (Å²) in [6.07, 6.45) is 3.27. The molecular weight excluding hydrogens is 973 g/mol. The second kappa shape index (κ2) is 39.0. The summed E-state index contributed by atoms with van der Waals surface area (Å²) in [6, 6.07) is 0.494. The first-order chi connectivity index (χ1) is 35.2. The molecule has 1 heterocycles. The van der Waals surface area contributed by atoms with E-state index in [-0.39, 0.29) is 63.1 Å². The summed E-state index contributed by atoms with van der Waals surface area (Å²) in [5, 5.41) is 50.8. The maximum absolute atomic E-state index is 12.3. The Morgan fingerprint density at radius 2 is 1.18 bits per heavy atom. The number of rotatable bonds is 44. The van der Waals surface area contributed by atoms with Crippen LogP contribution < -0.4 is 26.6 Å². The molecule has 28 nitrogen and oxygen atoms in total. The number of hydrogen-bond donors (Lipinski definition) is 8. The van der Waals surface area contributed by atoms with E-state index < -0.39 is 53.5 Å². The van der Waals surface area contributed by atoms with Crippen LogP contribution in [0.4, 0.5) is 21.0 Å². The number of benzene rings is 1. The molecule has 4 amide bonds. The smallest absolute Gasteiger partial charge is 0.419 e. The van der Waals surface area contributed by atoms with Crippen molar-refractivity contribution in [3.63, 3.8) is 0 Å². The van der Waals surface area contributed by atoms with Crippen molar-refractivity contribution in [3.8, 4) is 0 Å². The lowest BCUT2D eigenvalue weighted by Crippen LogP contribution is -2.51. The molecule has 0 saturated carbocycles. The first kappa shape index (κ1) is 62.6. The Bertz CT molecular complexity index is 1970. The lowest BCUT2D eigenvalue weighted by atomic mass is 10.1. The molecule has 0 radical (unpaired) electrons. The molecule has 0 spiro atoms. The van der Waals surface area contributed by atoms with Gasteiger partial charge >= 0.3 is 30.0 Å². The molecule has 0 aliphatic rings. The Morgan fingerprint density at radius 3 is 1.70 bits per heavy atom. The molecule has 1 aromatic carbocycles. The summed E-state index contributed by atoms with van der Waals surface area (Å²) in [4.78, 5) is 96.7. The molecule has 73 heavy (non-hydrogen) atoms. The minimum atomic E-state index is -1.49. The van der Waals surface area contributed by atoms with Crippen LogP contribution in [0.3, 0.4) is 0 Å². The van der Waals surface area contributed by atoms with Crippen molar-refractivity contribution in [2.24, 2.45) is 0 Å². The number of unbranched alkanes of at least 4 members (excludes halogenated alkanes) is 1. The van der Waals surface area contributed by atoms with Crippen molar-refractivity contribution in [1.82, 2.24) is 30.8 Å². The number of aliphatic carboxylic acids is 3. The highest BCUT2D eigenvalue weighted by Crippen LogP contribution is 2.21. The highest BCUT2D eigenvalue weighted by molar-refractivity contribution is 5.86. The number of nitrogens with zero attached hydrogens (tertiary/aromatic N) is 3. The van der Waals surface area contributed by atoms with Crippen molar-refractivity contribution in [3.05, 3.63) is 52.1 Å². The number of carboxylic acid groups (broad SMARTS) is 3. The van der Waals surface area contributed by atoms with Crippen LogP contribution in [-0.2, 0) is 68.3 Å². The van der Waals surface area contributed by atoms with Crippen LogP contribution in [0.5, 0.6) is 0 Å². The number of carbonyl (C=O) groups excluding carboxylic acids is 4. The number of hydrogen-bond acceptors (Lipinski definition) is 19. The molecule has 0 bridgehead atoms. The number of amides is 4. The van der Waals surface area contributed by atoms with E-state index >= 15 is 0 Å². The molecule has 0 aliphatic heterocycles. The number of nitro benzene ring substituents is 1. The van der Waals surface area contributed by atoms with E-state index in [1.54, 1.807) is 13.0 Å². The number of non-ortho nitro benzene ring substituents is 1. The van der Waals surface area contributed by atoms with Gasteiger partial charge < -0.3 is 79.8 Å². The molecule has 0 saturated heterocycles. The van der Waals surface area contributed by atoms with E-state index in [1.165, 1.54) is 29.2 Å². The third kappa shape index (κ3) is 31.5. The number of anilines is 1. The van der Waals surface area contributed by atoms with E-state index in [9.17, 15) is 48.8 Å². The lowest BCUT2D eigenvalue weighted by molar-refractivity contribution is -0.384. The van der Waals surface area contributed by atoms with Crippen molar-refractivity contribution in [2.45, 2.75) is 70.4 Å². The number of urea groups is 1. The zero-order chi connectivity index (χ0) is 53.5. The fourth-order valence-electron chi connectivity index (χ4n) is 6.07. The number of nitro groups is 1. The number of carboxylic acids is 3. The van der Waals surface area contributed by atoms with Crippen LogP contribution in [0, 0.1) is 17.0 Å². The van der Waals surface area contributed by atoms with Crippen LogP contribution in [0.15, 0.2) is 30.7 Å². The summed E-state index contributed by atoms with van der Waals surface area (Å²) < 4.78 is 44.6. The Hall–Kier alpha value is -6.56. The number of nitrogens with one attached hydrogen (secondary N) is 5. The van der Waals surface area contributed by atoms with Crippen molar-refractivity contribution in [2.75, 3.05) is 124 Å². The van der Waals surface area contributed by atoms with E-state index in [4.69, 9.17) is 48.1 Å². The van der Waals surface area contributed by atoms with Crippen LogP contribution in [-0.4, -0.2) is 202 Å². The molecule has 410 valence electrons. The standard InChI is InChI=1S/C45H70N8O20/c1-33-29-35(53(64)65)7-8-36(33)48-30-40(55)47-13-11-34-31-52(32-49-34)45(63)73-28-27-72-26-25-71-24-23-70-22-21-69-20-19-68-18-17-67-16-15-66-14-4-6-39(54)46-12-3-2-5-37(42(58)59)50-44(62)51-38(43(60)61)9-10-41(56)57/h7-8,29,31-32,37-38,48H,2-6,9-28,30H2,1H3,(H,46,54)(H,47,55)(H,56,57)(H,58,59)(H,60,61)(H2,50,51,62)/t37-,38-/m0/s1. The second-order valence-electron chi connectivity index (χ2n) is 15.7. The van der Waals surface area contributed by atoms with Crippen LogP contribution in [0.2, 0.25) is 0 Å². The van der Waals surface area contributed by atoms with Gasteiger partial charge in [0, 0.05) is 63.0 Å². The SMILES string of the molecule is Cc1cc([N+](=O)[O-])ccc1NCC(=O)NCCc1cn(C(=O)OCCOCCOCCOCCOCCOCCOCCOCCCC(=O)NCCCC[C@H](NC(=O)N[C@@H](CCC(=O)O)C(=O)O)C(=O)O)cn1. The molecule has 1 aromatic heterocycles. The summed E-state index contributed by atoms with van der Waals surface area (Å²) in [7, 11) is 0. The highest BCUT2D eigenvalue weighted by Gasteiger charge is 2.25. The normalized spacial score (nSPS) is 11.8. The van der Waals surface area contributed by atoms with E-state index in [2.05, 4.69) is 31.6 Å². The van der Waals surface area contributed by atoms with Gasteiger partial charge in [0.1, 0.15) is 25.0 Å². The highest BCUT2D eigenvalue weighted by atomic mass is 16.6. The maximum Gasteiger partial charge on any atom is 0.419 e. The number of carbonyl (C=O) groups is 7. The van der Waals surface area contributed by atoms with Gasteiger partial charge in [-0.3, -0.25) is 24.5 Å². The van der Waals surface area contributed by atoms with Gasteiger partial charge in [0.15, 0.2) is 0 Å². The summed E-state index contributed by atoms with van der Waals surface area (Å²) >= 11 is 0. The van der Waals surface area contributed by atoms with Gasteiger partial charge in [-0.25, -0.2) is 28.7 Å². The first-order valence-electron chi connectivity index (χ1n) is 23.7. The van der Waals surface area contributed by atoms with E-state index in [0.717, 1.165) is 0 Å². The van der Waals surface area contributed by atoms with Crippen LogP contribution >= 0.6 is 0 Å². The lowest BCUT2D eigenvalue weighted by Gasteiger charge is -2.18. The third-order valence-electron chi connectivity index (χ3n) is 9.88. The molecule has 0 fully saturated rings. The molecule has 0 unspecified atom stereocenters. The average Bonchev–Trinajstić information content (AvgIpc) is 3.83. The number of aromatic nitrogens is 2. The fourth-order valence-corrected chi connectivity index (χ4v) is 6.07. The summed E-state index contributed by atoms with van der Waals surface area (Å²) in [5.41, 5.74) is 1.81. The van der Waals surface area contributed by atoms with Gasteiger partial charge in [-0.15, -0.1) is 0 Å². The zero-order valence-corrected chi connectivity index (χ0v) is 41.0. The molecule has 2 atom stereocenters. The van der Waals surface area contributed by atoms with Gasteiger partial charge in [0.2, 0.25) is 11.8 Å². The number of aryl methyl sites for hydroxylation is 1. The Labute approximate surface area is 421 Å². The molecule has 0 aliphatic carbocycles. The first-order valence-corrected chi connectivity index (χ1v) is 23.7. The molecular formula is C45H70N8O20. The Kier molecular flexibility index (Phi) is 33.4. The topological polar surface area (TPSA) is 375 Å². The molecule has 2 aromatic rings. The fraction of sp³-hybridized carbons (Fsp3) is 0.644. The third-order valence-corrected chi connectivity index (χ3v) is 9.88. The van der Waals surface area contributed by atoms with E-state index in [1.807, 2.05) is 0 Å². The monoisotopic (exact) mass is 1040 g/mol. The maximum atomic E-state index is 12.3. The molecule has 2 rings (SSSR count). The molecule has 8 N–H and O–H groups in total.